The lowest BCUT2D eigenvalue weighted by Gasteiger charge is -2.12. The van der Waals surface area contributed by atoms with E-state index in [-0.39, 0.29) is 6.04 Å². The summed E-state index contributed by atoms with van der Waals surface area (Å²) in [6, 6.07) is 4.13. The molecule has 2 N–H and O–H groups in total. The van der Waals surface area contributed by atoms with Gasteiger partial charge in [-0.1, -0.05) is 18.5 Å². The van der Waals surface area contributed by atoms with Gasteiger partial charge in [-0.25, -0.2) is 0 Å². The zero-order valence-electron chi connectivity index (χ0n) is 11.3. The zero-order valence-corrected chi connectivity index (χ0v) is 12.0. The molecule has 2 heterocycles. The molecule has 0 amide bonds. The highest BCUT2D eigenvalue weighted by molar-refractivity contribution is 6.31. The van der Waals surface area contributed by atoms with Crippen molar-refractivity contribution in [3.05, 3.63) is 47.0 Å². The minimum absolute atomic E-state index is 0.157. The van der Waals surface area contributed by atoms with Crippen LogP contribution in [-0.2, 0) is 6.42 Å². The van der Waals surface area contributed by atoms with Crippen molar-refractivity contribution in [1.29, 1.82) is 0 Å². The Morgan fingerprint density at radius 3 is 2.89 bits per heavy atom. The summed E-state index contributed by atoms with van der Waals surface area (Å²) in [5.41, 5.74) is 8.08. The Morgan fingerprint density at radius 1 is 1.42 bits per heavy atom. The van der Waals surface area contributed by atoms with E-state index >= 15 is 0 Å². The van der Waals surface area contributed by atoms with Crippen LogP contribution in [0.15, 0.2) is 30.7 Å². The molecule has 0 saturated carbocycles. The van der Waals surface area contributed by atoms with Gasteiger partial charge >= 0.3 is 0 Å². The molecule has 0 fully saturated rings. The number of hydrogen-bond donors (Lipinski definition) is 1. The Hall–Kier alpha value is -1.39. The molecule has 0 spiro atoms. The molecule has 102 valence electrons. The second-order valence-corrected chi connectivity index (χ2v) is 5.16. The van der Waals surface area contributed by atoms with Crippen LogP contribution in [0, 0.1) is 0 Å². The lowest BCUT2D eigenvalue weighted by atomic mass is 10.0. The van der Waals surface area contributed by atoms with E-state index in [4.69, 9.17) is 17.3 Å². The molecule has 0 aliphatic heterocycles. The van der Waals surface area contributed by atoms with E-state index < -0.39 is 0 Å². The van der Waals surface area contributed by atoms with Crippen LogP contribution in [0.25, 0.3) is 0 Å². The number of pyridine rings is 1. The summed E-state index contributed by atoms with van der Waals surface area (Å²) in [6.07, 6.45) is 7.06. The van der Waals surface area contributed by atoms with E-state index in [1.807, 2.05) is 23.0 Å². The van der Waals surface area contributed by atoms with E-state index in [0.29, 0.717) is 17.5 Å². The molecule has 2 atom stereocenters. The molecule has 0 saturated heterocycles. The maximum atomic E-state index is 6.18. The highest BCUT2D eigenvalue weighted by atomic mass is 35.5. The molecule has 0 aliphatic carbocycles. The van der Waals surface area contributed by atoms with Crippen molar-refractivity contribution in [3.8, 4) is 0 Å². The lowest BCUT2D eigenvalue weighted by molar-refractivity contribution is 0.472. The summed E-state index contributed by atoms with van der Waals surface area (Å²) >= 11 is 6.10. The summed E-state index contributed by atoms with van der Waals surface area (Å²) in [4.78, 5) is 3.97. The number of rotatable bonds is 5. The van der Waals surface area contributed by atoms with Gasteiger partial charge in [0.25, 0.3) is 0 Å². The van der Waals surface area contributed by atoms with E-state index in [1.165, 1.54) is 0 Å². The topological polar surface area (TPSA) is 56.7 Å². The molecule has 2 aromatic rings. The molecule has 4 nitrogen and oxygen atoms in total. The van der Waals surface area contributed by atoms with Gasteiger partial charge < -0.3 is 5.73 Å². The zero-order chi connectivity index (χ0) is 13.8. The molecule has 2 unspecified atom stereocenters. The number of hydrogen-bond acceptors (Lipinski definition) is 3. The average Bonchev–Trinajstić information content (AvgIpc) is 2.86. The standard InChI is InChI=1S/C14H19ClN4/c1-3-10(2)19-7-5-11(18-19)8-14(16)12-4-6-17-9-13(12)15/h4-7,9-10,14H,3,8,16H2,1-2H3. The van der Waals surface area contributed by atoms with Crippen LogP contribution in [-0.4, -0.2) is 14.8 Å². The van der Waals surface area contributed by atoms with Gasteiger partial charge in [-0.3, -0.25) is 9.67 Å². The third kappa shape index (κ3) is 3.33. The van der Waals surface area contributed by atoms with Crippen LogP contribution in [0.5, 0.6) is 0 Å². The minimum atomic E-state index is -0.157. The first-order valence-electron chi connectivity index (χ1n) is 6.50. The third-order valence-electron chi connectivity index (χ3n) is 3.34. The fourth-order valence-electron chi connectivity index (χ4n) is 1.94. The van der Waals surface area contributed by atoms with E-state index in [1.54, 1.807) is 12.4 Å². The number of nitrogens with zero attached hydrogens (tertiary/aromatic N) is 3. The Kier molecular flexibility index (Phi) is 4.56. The van der Waals surface area contributed by atoms with Gasteiger partial charge in [0.15, 0.2) is 0 Å². The minimum Gasteiger partial charge on any atom is -0.324 e. The number of halogens is 1. The maximum Gasteiger partial charge on any atom is 0.0643 e. The van der Waals surface area contributed by atoms with Crippen molar-refractivity contribution in [1.82, 2.24) is 14.8 Å². The van der Waals surface area contributed by atoms with Crippen molar-refractivity contribution in [3.63, 3.8) is 0 Å². The first-order valence-corrected chi connectivity index (χ1v) is 6.88. The van der Waals surface area contributed by atoms with Gasteiger partial charge in [-0.15, -0.1) is 0 Å². The van der Waals surface area contributed by atoms with Gasteiger partial charge in [0.1, 0.15) is 0 Å². The van der Waals surface area contributed by atoms with Crippen LogP contribution < -0.4 is 5.73 Å². The van der Waals surface area contributed by atoms with Crippen LogP contribution in [0.3, 0.4) is 0 Å². The third-order valence-corrected chi connectivity index (χ3v) is 3.65. The molecule has 19 heavy (non-hydrogen) atoms. The first-order chi connectivity index (χ1) is 9.11. The fraction of sp³-hybridized carbons (Fsp3) is 0.429. The normalized spacial score (nSPS) is 14.3. The van der Waals surface area contributed by atoms with Gasteiger partial charge in [-0.05, 0) is 31.0 Å². The second kappa shape index (κ2) is 6.17. The molecular formula is C14H19ClN4. The van der Waals surface area contributed by atoms with Gasteiger partial charge in [0.2, 0.25) is 0 Å². The summed E-state index contributed by atoms with van der Waals surface area (Å²) in [5.74, 6) is 0. The number of nitrogens with two attached hydrogens (primary N) is 1. The maximum absolute atomic E-state index is 6.18. The molecule has 5 heteroatoms. The van der Waals surface area contributed by atoms with Crippen molar-refractivity contribution in [2.45, 2.75) is 38.8 Å². The van der Waals surface area contributed by atoms with Crippen molar-refractivity contribution >= 4 is 11.6 Å². The van der Waals surface area contributed by atoms with Crippen molar-refractivity contribution in [2.24, 2.45) is 5.73 Å². The largest absolute Gasteiger partial charge is 0.324 e. The van der Waals surface area contributed by atoms with Crippen LogP contribution in [0.4, 0.5) is 0 Å². The van der Waals surface area contributed by atoms with Gasteiger partial charge in [0.05, 0.1) is 10.7 Å². The Labute approximate surface area is 118 Å². The molecule has 2 rings (SSSR count). The molecular weight excluding hydrogens is 260 g/mol. The Bertz CT molecular complexity index is 538. The van der Waals surface area contributed by atoms with E-state index in [0.717, 1.165) is 17.7 Å². The SMILES string of the molecule is CCC(C)n1ccc(CC(N)c2ccncc2Cl)n1. The molecule has 0 aliphatic rings. The molecule has 0 radical (unpaired) electrons. The molecule has 0 aromatic carbocycles. The first kappa shape index (κ1) is 14.0. The smallest absolute Gasteiger partial charge is 0.0643 e. The second-order valence-electron chi connectivity index (χ2n) is 4.75. The quantitative estimate of drug-likeness (QED) is 0.914. The Morgan fingerprint density at radius 2 is 2.21 bits per heavy atom. The monoisotopic (exact) mass is 278 g/mol. The fourth-order valence-corrected chi connectivity index (χ4v) is 2.20. The average molecular weight is 279 g/mol. The van der Waals surface area contributed by atoms with Crippen LogP contribution in [0.2, 0.25) is 5.02 Å². The van der Waals surface area contributed by atoms with Crippen LogP contribution in [0.1, 0.15) is 43.6 Å². The highest BCUT2D eigenvalue weighted by Crippen LogP contribution is 2.22. The van der Waals surface area contributed by atoms with Crippen LogP contribution >= 0.6 is 11.6 Å². The summed E-state index contributed by atoms with van der Waals surface area (Å²) in [7, 11) is 0. The predicted molar refractivity (Wildman–Crippen MR) is 77.1 cm³/mol. The Balaban J connectivity index is 2.09. The van der Waals surface area contributed by atoms with Gasteiger partial charge in [0, 0.05) is 37.1 Å². The summed E-state index contributed by atoms with van der Waals surface area (Å²) in [5, 5.41) is 5.16. The summed E-state index contributed by atoms with van der Waals surface area (Å²) < 4.78 is 1.98. The lowest BCUT2D eigenvalue weighted by Crippen LogP contribution is -2.15. The van der Waals surface area contributed by atoms with E-state index in [9.17, 15) is 0 Å². The van der Waals surface area contributed by atoms with Gasteiger partial charge in [-0.2, -0.15) is 5.10 Å². The highest BCUT2D eigenvalue weighted by Gasteiger charge is 2.13. The van der Waals surface area contributed by atoms with Crippen molar-refractivity contribution in [2.75, 3.05) is 0 Å². The van der Waals surface area contributed by atoms with Crippen molar-refractivity contribution < 1.29 is 0 Å². The number of aromatic nitrogens is 3. The predicted octanol–water partition coefficient (Wildman–Crippen LogP) is 3.15. The molecule has 0 bridgehead atoms. The summed E-state index contributed by atoms with van der Waals surface area (Å²) in [6.45, 7) is 4.30. The molecule has 2 aromatic heterocycles. The van der Waals surface area contributed by atoms with E-state index in [2.05, 4.69) is 23.9 Å².